The second kappa shape index (κ2) is 8.79. The van der Waals surface area contributed by atoms with Gasteiger partial charge in [0.2, 0.25) is 0 Å². The molecule has 0 bridgehead atoms. The minimum Gasteiger partial charge on any atom is -0.507 e. The number of carbonyl (C=O) groups excluding carboxylic acids is 2. The van der Waals surface area contributed by atoms with E-state index in [0.717, 1.165) is 0 Å². The second-order valence-electron chi connectivity index (χ2n) is 7.18. The number of esters is 2. The summed E-state index contributed by atoms with van der Waals surface area (Å²) in [5.41, 5.74) is 0.513. The van der Waals surface area contributed by atoms with Gasteiger partial charge in [0.15, 0.2) is 6.10 Å². The molecule has 8 nitrogen and oxygen atoms in total. The lowest BCUT2D eigenvalue weighted by molar-refractivity contribution is -0.204. The normalized spacial score (nSPS) is 23.6. The van der Waals surface area contributed by atoms with Crippen LogP contribution in [0.1, 0.15) is 38.9 Å². The fraction of sp³-hybridized carbons (Fsp3) is 0.455. The van der Waals surface area contributed by atoms with E-state index in [9.17, 15) is 14.7 Å². The first-order chi connectivity index (χ1) is 14.3. The molecule has 2 aromatic carbocycles. The molecule has 30 heavy (non-hydrogen) atoms. The Hall–Kier alpha value is -3.00. The molecule has 1 heterocycles. The molecule has 3 rings (SSSR count). The minimum atomic E-state index is -0.736. The van der Waals surface area contributed by atoms with Crippen LogP contribution in [0.4, 0.5) is 0 Å². The fourth-order valence-electron chi connectivity index (χ4n) is 3.93. The highest BCUT2D eigenvalue weighted by Gasteiger charge is 2.42. The highest BCUT2D eigenvalue weighted by Crippen LogP contribution is 2.45. The van der Waals surface area contributed by atoms with Crippen LogP contribution in [-0.4, -0.2) is 49.6 Å². The van der Waals surface area contributed by atoms with Crippen LogP contribution >= 0.6 is 0 Å². The summed E-state index contributed by atoms with van der Waals surface area (Å²) in [6.45, 7) is 4.32. The number of rotatable bonds is 5. The first-order valence-electron chi connectivity index (χ1n) is 9.63. The Labute approximate surface area is 174 Å². The van der Waals surface area contributed by atoms with Gasteiger partial charge in [-0.25, -0.2) is 0 Å². The second-order valence-corrected chi connectivity index (χ2v) is 7.18. The average Bonchev–Trinajstić information content (AvgIpc) is 2.69. The Bertz CT molecular complexity index is 954. The van der Waals surface area contributed by atoms with Crippen LogP contribution in [0.5, 0.6) is 17.2 Å². The molecular formula is C22H26O8. The standard InChI is InChI=1S/C22H26O8/c1-11-22(30-13(3)24)19(29-12(2)23)10-18(28-11)15-7-6-14-16(26-4)8-9-17(27-5)20(14)21(15)25/h6-9,11,18-19,22,25H,10H2,1-5H3/t11-,18-,19-,22-/m0/s1. The summed E-state index contributed by atoms with van der Waals surface area (Å²) >= 11 is 0. The van der Waals surface area contributed by atoms with Crippen LogP contribution < -0.4 is 9.47 Å². The summed E-state index contributed by atoms with van der Waals surface area (Å²) in [5.74, 6) is 0.102. The van der Waals surface area contributed by atoms with E-state index in [0.29, 0.717) is 27.8 Å². The molecule has 0 unspecified atom stereocenters. The highest BCUT2D eigenvalue weighted by atomic mass is 16.6. The Morgan fingerprint density at radius 1 is 1.00 bits per heavy atom. The zero-order valence-corrected chi connectivity index (χ0v) is 17.6. The molecule has 1 saturated heterocycles. The van der Waals surface area contributed by atoms with E-state index >= 15 is 0 Å². The van der Waals surface area contributed by atoms with E-state index < -0.39 is 36.4 Å². The number of carbonyl (C=O) groups is 2. The van der Waals surface area contributed by atoms with Gasteiger partial charge in [-0.2, -0.15) is 0 Å². The van der Waals surface area contributed by atoms with Gasteiger partial charge in [0.1, 0.15) is 23.4 Å². The predicted octanol–water partition coefficient (Wildman–Crippen LogP) is 3.28. The van der Waals surface area contributed by atoms with Crippen molar-refractivity contribution in [2.45, 2.75) is 51.6 Å². The van der Waals surface area contributed by atoms with E-state index in [4.69, 9.17) is 23.7 Å². The zero-order valence-electron chi connectivity index (χ0n) is 17.6. The smallest absolute Gasteiger partial charge is 0.303 e. The highest BCUT2D eigenvalue weighted by molar-refractivity contribution is 5.98. The Morgan fingerprint density at radius 3 is 2.23 bits per heavy atom. The average molecular weight is 418 g/mol. The first-order valence-corrected chi connectivity index (χ1v) is 9.63. The van der Waals surface area contributed by atoms with Gasteiger partial charge in [0.05, 0.1) is 31.8 Å². The maximum atomic E-state index is 11.6. The molecule has 1 aliphatic heterocycles. The largest absolute Gasteiger partial charge is 0.507 e. The maximum Gasteiger partial charge on any atom is 0.303 e. The van der Waals surface area contributed by atoms with Gasteiger partial charge in [-0.15, -0.1) is 0 Å². The number of hydrogen-bond acceptors (Lipinski definition) is 8. The lowest BCUT2D eigenvalue weighted by atomic mass is 9.91. The van der Waals surface area contributed by atoms with Gasteiger partial charge in [-0.05, 0) is 25.1 Å². The van der Waals surface area contributed by atoms with Crippen molar-refractivity contribution >= 4 is 22.7 Å². The maximum absolute atomic E-state index is 11.6. The third-order valence-corrected chi connectivity index (χ3v) is 5.17. The van der Waals surface area contributed by atoms with E-state index in [1.807, 2.05) is 6.07 Å². The first kappa shape index (κ1) is 21.7. The molecule has 1 N–H and O–H groups in total. The number of hydrogen-bond donors (Lipinski definition) is 1. The summed E-state index contributed by atoms with van der Waals surface area (Å²) in [6.07, 6.45) is -2.37. The molecule has 0 spiro atoms. The lowest BCUT2D eigenvalue weighted by Crippen LogP contribution is -2.48. The molecule has 2 aromatic rings. The molecule has 4 atom stereocenters. The van der Waals surface area contributed by atoms with Crippen LogP contribution in [0.3, 0.4) is 0 Å². The molecule has 8 heteroatoms. The third kappa shape index (κ3) is 4.14. The van der Waals surface area contributed by atoms with Crippen molar-refractivity contribution in [1.29, 1.82) is 0 Å². The molecular weight excluding hydrogens is 392 g/mol. The van der Waals surface area contributed by atoms with Gasteiger partial charge in [-0.3, -0.25) is 9.59 Å². The molecule has 162 valence electrons. The van der Waals surface area contributed by atoms with E-state index in [1.54, 1.807) is 32.2 Å². The molecule has 0 saturated carbocycles. The van der Waals surface area contributed by atoms with E-state index in [2.05, 4.69) is 0 Å². The van der Waals surface area contributed by atoms with Gasteiger partial charge in [-0.1, -0.05) is 6.07 Å². The molecule has 1 aliphatic rings. The van der Waals surface area contributed by atoms with Crippen LogP contribution in [0, 0.1) is 0 Å². The molecule has 0 radical (unpaired) electrons. The Morgan fingerprint density at radius 2 is 1.63 bits per heavy atom. The van der Waals surface area contributed by atoms with Crippen molar-refractivity contribution in [1.82, 2.24) is 0 Å². The molecule has 0 aromatic heterocycles. The summed E-state index contributed by atoms with van der Waals surface area (Å²) < 4.78 is 27.6. The number of aromatic hydroxyl groups is 1. The number of ether oxygens (including phenoxy) is 5. The fourth-order valence-corrected chi connectivity index (χ4v) is 3.93. The topological polar surface area (TPSA) is 101 Å². The van der Waals surface area contributed by atoms with Crippen molar-refractivity contribution in [3.05, 3.63) is 29.8 Å². The number of phenolic OH excluding ortho intramolecular Hbond substituents is 1. The van der Waals surface area contributed by atoms with Crippen LogP contribution in [0.2, 0.25) is 0 Å². The van der Waals surface area contributed by atoms with Gasteiger partial charge < -0.3 is 28.8 Å². The Kier molecular flexibility index (Phi) is 6.36. The van der Waals surface area contributed by atoms with Crippen LogP contribution in [0.25, 0.3) is 10.8 Å². The minimum absolute atomic E-state index is 0.00652. The SMILES string of the molecule is COc1ccc(OC)c2c(O)c([C@@H]3C[C@H](OC(C)=O)[C@@H](OC(C)=O)[C@H](C)O3)ccc12. The molecule has 0 amide bonds. The number of methoxy groups -OCH3 is 2. The summed E-state index contributed by atoms with van der Waals surface area (Å²) in [5, 5.41) is 12.3. The third-order valence-electron chi connectivity index (χ3n) is 5.17. The Balaban J connectivity index is 2.03. The van der Waals surface area contributed by atoms with Crippen molar-refractivity contribution in [3.8, 4) is 17.2 Å². The van der Waals surface area contributed by atoms with Crippen molar-refractivity contribution < 1.29 is 38.4 Å². The predicted molar refractivity (Wildman–Crippen MR) is 108 cm³/mol. The van der Waals surface area contributed by atoms with E-state index in [-0.39, 0.29) is 12.2 Å². The molecule has 0 aliphatic carbocycles. The van der Waals surface area contributed by atoms with Crippen molar-refractivity contribution in [2.75, 3.05) is 14.2 Å². The van der Waals surface area contributed by atoms with E-state index in [1.165, 1.54) is 21.0 Å². The monoisotopic (exact) mass is 418 g/mol. The summed E-state index contributed by atoms with van der Waals surface area (Å²) in [4.78, 5) is 23.1. The van der Waals surface area contributed by atoms with Gasteiger partial charge in [0, 0.05) is 31.2 Å². The summed E-state index contributed by atoms with van der Waals surface area (Å²) in [6, 6.07) is 7.04. The van der Waals surface area contributed by atoms with Crippen LogP contribution in [-0.2, 0) is 23.8 Å². The molecule has 1 fully saturated rings. The number of benzene rings is 2. The summed E-state index contributed by atoms with van der Waals surface area (Å²) in [7, 11) is 3.07. The zero-order chi connectivity index (χ0) is 22.0. The lowest BCUT2D eigenvalue weighted by Gasteiger charge is -2.39. The van der Waals surface area contributed by atoms with Gasteiger partial charge in [0.25, 0.3) is 0 Å². The quantitative estimate of drug-likeness (QED) is 0.739. The van der Waals surface area contributed by atoms with Crippen LogP contribution in [0.15, 0.2) is 24.3 Å². The van der Waals surface area contributed by atoms with Crippen molar-refractivity contribution in [3.63, 3.8) is 0 Å². The van der Waals surface area contributed by atoms with Crippen molar-refractivity contribution in [2.24, 2.45) is 0 Å². The number of phenols is 1. The number of fused-ring (bicyclic) bond motifs is 1. The van der Waals surface area contributed by atoms with Gasteiger partial charge >= 0.3 is 11.9 Å².